The van der Waals surface area contributed by atoms with Gasteiger partial charge in [0.25, 0.3) is 5.91 Å². The summed E-state index contributed by atoms with van der Waals surface area (Å²) in [6.07, 6.45) is 0.566. The van der Waals surface area contributed by atoms with E-state index in [9.17, 15) is 17.6 Å². The van der Waals surface area contributed by atoms with E-state index >= 15 is 0 Å². The SMILES string of the molecule is Cc1cc(C(=O)NS(=O)(=O)[C@@H]2C[C@H]2C)c(C)n1-c1ccccc1F. The maximum Gasteiger partial charge on any atom is 0.266 e. The quantitative estimate of drug-likeness (QED) is 0.922. The number of sulfonamides is 1. The molecule has 0 spiro atoms. The second kappa shape index (κ2) is 5.73. The highest BCUT2D eigenvalue weighted by Gasteiger charge is 2.45. The molecule has 1 aliphatic carbocycles. The van der Waals surface area contributed by atoms with Crippen LogP contribution in [0.1, 0.15) is 35.1 Å². The van der Waals surface area contributed by atoms with E-state index < -0.39 is 27.0 Å². The summed E-state index contributed by atoms with van der Waals surface area (Å²) < 4.78 is 42.0. The summed E-state index contributed by atoms with van der Waals surface area (Å²) in [5.74, 6) is -1.02. The number of aromatic nitrogens is 1. The minimum Gasteiger partial charge on any atom is -0.315 e. The summed E-state index contributed by atoms with van der Waals surface area (Å²) >= 11 is 0. The molecule has 1 amide bonds. The minimum absolute atomic E-state index is 0.0705. The van der Waals surface area contributed by atoms with Crippen molar-refractivity contribution in [2.75, 3.05) is 0 Å². The molecule has 1 aliphatic rings. The molecule has 1 aromatic carbocycles. The third-order valence-electron chi connectivity index (χ3n) is 4.44. The Balaban J connectivity index is 1.95. The van der Waals surface area contributed by atoms with Gasteiger partial charge in [-0.2, -0.15) is 0 Å². The Morgan fingerprint density at radius 1 is 1.29 bits per heavy atom. The number of amides is 1. The zero-order valence-corrected chi connectivity index (χ0v) is 14.5. The Kier molecular flexibility index (Phi) is 3.99. The van der Waals surface area contributed by atoms with Crippen LogP contribution in [0.25, 0.3) is 5.69 Å². The Bertz CT molecular complexity index is 918. The summed E-state index contributed by atoms with van der Waals surface area (Å²) in [5.41, 5.74) is 1.70. The van der Waals surface area contributed by atoms with Crippen LogP contribution >= 0.6 is 0 Å². The summed E-state index contributed by atoms with van der Waals surface area (Å²) in [6.45, 7) is 5.24. The van der Waals surface area contributed by atoms with Gasteiger partial charge in [0, 0.05) is 11.4 Å². The third-order valence-corrected chi connectivity index (χ3v) is 6.36. The predicted molar refractivity (Wildman–Crippen MR) is 89.2 cm³/mol. The van der Waals surface area contributed by atoms with Gasteiger partial charge in [0.05, 0.1) is 16.5 Å². The lowest BCUT2D eigenvalue weighted by Gasteiger charge is -2.11. The predicted octanol–water partition coefficient (Wildman–Crippen LogP) is 2.70. The first-order valence-electron chi connectivity index (χ1n) is 7.72. The second-order valence-electron chi connectivity index (χ2n) is 6.30. The number of nitrogens with one attached hydrogen (secondary N) is 1. The van der Waals surface area contributed by atoms with E-state index in [1.54, 1.807) is 42.7 Å². The number of para-hydroxylation sites is 1. The van der Waals surface area contributed by atoms with Gasteiger partial charge in [-0.1, -0.05) is 19.1 Å². The molecular weight excluding hydrogens is 331 g/mol. The number of benzene rings is 1. The van der Waals surface area contributed by atoms with Crippen LogP contribution in [-0.4, -0.2) is 24.1 Å². The Morgan fingerprint density at radius 2 is 1.92 bits per heavy atom. The van der Waals surface area contributed by atoms with Gasteiger partial charge >= 0.3 is 0 Å². The van der Waals surface area contributed by atoms with Crippen molar-refractivity contribution in [2.45, 2.75) is 32.4 Å². The summed E-state index contributed by atoms with van der Waals surface area (Å²) in [4.78, 5) is 12.4. The summed E-state index contributed by atoms with van der Waals surface area (Å²) in [5, 5.41) is -0.503. The topological polar surface area (TPSA) is 68.2 Å². The molecule has 2 atom stereocenters. The lowest BCUT2D eigenvalue weighted by molar-refractivity contribution is 0.0980. The van der Waals surface area contributed by atoms with Crippen molar-refractivity contribution in [3.63, 3.8) is 0 Å². The average molecular weight is 350 g/mol. The average Bonchev–Trinajstić information content (AvgIpc) is 3.17. The standard InChI is InChI=1S/C17H19FN2O3S/c1-10-8-16(10)24(22,23)19-17(21)13-9-11(2)20(12(13)3)15-7-5-4-6-14(15)18/h4-7,9-10,16H,8H2,1-3H3,(H,19,21)/t10-,16-/m1/s1. The Morgan fingerprint density at radius 3 is 2.50 bits per heavy atom. The van der Waals surface area contributed by atoms with E-state index in [0.29, 0.717) is 23.5 Å². The fraction of sp³-hybridized carbons (Fsp3) is 0.353. The van der Waals surface area contributed by atoms with Crippen LogP contribution in [-0.2, 0) is 10.0 Å². The normalized spacial score (nSPS) is 20.0. The van der Waals surface area contributed by atoms with Crippen molar-refractivity contribution in [3.8, 4) is 5.69 Å². The first kappa shape index (κ1) is 16.7. The fourth-order valence-electron chi connectivity index (χ4n) is 2.98. The van der Waals surface area contributed by atoms with Crippen molar-refractivity contribution < 1.29 is 17.6 Å². The van der Waals surface area contributed by atoms with Gasteiger partial charge in [-0.25, -0.2) is 17.5 Å². The van der Waals surface area contributed by atoms with Gasteiger partial charge in [0.15, 0.2) is 0 Å². The molecule has 0 radical (unpaired) electrons. The monoisotopic (exact) mass is 350 g/mol. The van der Waals surface area contributed by atoms with Crippen molar-refractivity contribution >= 4 is 15.9 Å². The maximum absolute atomic E-state index is 14.1. The lowest BCUT2D eigenvalue weighted by atomic mass is 10.2. The van der Waals surface area contributed by atoms with E-state index in [1.807, 2.05) is 6.92 Å². The molecule has 1 heterocycles. The van der Waals surface area contributed by atoms with E-state index in [0.717, 1.165) is 0 Å². The van der Waals surface area contributed by atoms with Gasteiger partial charge in [-0.3, -0.25) is 4.79 Å². The molecule has 128 valence electrons. The van der Waals surface area contributed by atoms with Crippen molar-refractivity contribution in [1.29, 1.82) is 0 Å². The molecular formula is C17H19FN2O3S. The number of hydrogen-bond donors (Lipinski definition) is 1. The summed E-state index contributed by atoms with van der Waals surface area (Å²) in [6, 6.07) is 7.81. The van der Waals surface area contributed by atoms with Crippen LogP contribution < -0.4 is 4.72 Å². The molecule has 0 bridgehead atoms. The first-order valence-corrected chi connectivity index (χ1v) is 9.27. The number of aryl methyl sites for hydroxylation is 1. The van der Waals surface area contributed by atoms with Crippen LogP contribution in [0.5, 0.6) is 0 Å². The van der Waals surface area contributed by atoms with Crippen LogP contribution in [0, 0.1) is 25.6 Å². The lowest BCUT2D eigenvalue weighted by Crippen LogP contribution is -2.34. The maximum atomic E-state index is 14.1. The Labute approximate surface area is 140 Å². The van der Waals surface area contributed by atoms with Crippen LogP contribution in [0.4, 0.5) is 4.39 Å². The minimum atomic E-state index is -3.66. The molecule has 1 saturated carbocycles. The number of nitrogens with zero attached hydrogens (tertiary/aromatic N) is 1. The number of carbonyl (C=O) groups is 1. The number of rotatable bonds is 4. The van der Waals surface area contributed by atoms with E-state index in [1.165, 1.54) is 6.07 Å². The number of halogens is 1. The number of carbonyl (C=O) groups excluding carboxylic acids is 1. The molecule has 24 heavy (non-hydrogen) atoms. The Hall–Kier alpha value is -2.15. The van der Waals surface area contributed by atoms with Crippen LogP contribution in [0.15, 0.2) is 30.3 Å². The molecule has 1 aromatic heterocycles. The first-order chi connectivity index (χ1) is 11.2. The van der Waals surface area contributed by atoms with Gasteiger partial charge in [0.2, 0.25) is 10.0 Å². The molecule has 7 heteroatoms. The van der Waals surface area contributed by atoms with Gasteiger partial charge < -0.3 is 4.57 Å². The summed E-state index contributed by atoms with van der Waals surface area (Å²) in [7, 11) is -3.66. The van der Waals surface area contributed by atoms with Crippen molar-refractivity contribution in [2.24, 2.45) is 5.92 Å². The molecule has 3 rings (SSSR count). The van der Waals surface area contributed by atoms with Crippen molar-refractivity contribution in [1.82, 2.24) is 9.29 Å². The molecule has 5 nitrogen and oxygen atoms in total. The van der Waals surface area contributed by atoms with Gasteiger partial charge in [0.1, 0.15) is 5.82 Å². The van der Waals surface area contributed by atoms with Crippen LogP contribution in [0.2, 0.25) is 0 Å². The molecule has 0 saturated heterocycles. The molecule has 0 unspecified atom stereocenters. The highest BCUT2D eigenvalue weighted by molar-refractivity contribution is 7.91. The molecule has 1 fully saturated rings. The van der Waals surface area contributed by atoms with E-state index in [2.05, 4.69) is 4.72 Å². The van der Waals surface area contributed by atoms with Gasteiger partial charge in [-0.15, -0.1) is 0 Å². The molecule has 0 aliphatic heterocycles. The molecule has 2 aromatic rings. The van der Waals surface area contributed by atoms with E-state index in [-0.39, 0.29) is 11.5 Å². The number of hydrogen-bond acceptors (Lipinski definition) is 3. The van der Waals surface area contributed by atoms with Gasteiger partial charge in [-0.05, 0) is 44.4 Å². The highest BCUT2D eigenvalue weighted by atomic mass is 32.2. The second-order valence-corrected chi connectivity index (χ2v) is 8.20. The molecule has 1 N–H and O–H groups in total. The highest BCUT2D eigenvalue weighted by Crippen LogP contribution is 2.36. The zero-order chi connectivity index (χ0) is 17.6. The third kappa shape index (κ3) is 2.84. The van der Waals surface area contributed by atoms with E-state index in [4.69, 9.17) is 0 Å². The van der Waals surface area contributed by atoms with Crippen LogP contribution in [0.3, 0.4) is 0 Å². The van der Waals surface area contributed by atoms with Crippen molar-refractivity contribution in [3.05, 3.63) is 53.1 Å². The smallest absolute Gasteiger partial charge is 0.266 e. The zero-order valence-electron chi connectivity index (χ0n) is 13.7. The largest absolute Gasteiger partial charge is 0.315 e. The fourth-order valence-corrected chi connectivity index (χ4v) is 4.67.